The molecule has 0 atom stereocenters. The maximum absolute atomic E-state index is 12.7. The monoisotopic (exact) mass is 570 g/mol. The molecule has 4 amide bonds. The maximum Gasteiger partial charge on any atom is 0.412 e. The third-order valence-electron chi connectivity index (χ3n) is 5.50. The molecule has 4 N–H and O–H groups in total. The standard InChI is InChI=1S/C26H34N8O7/c1-26(2,3)41-25(39)28-16-11-19(33(5)13-16)31-21(36)9-8-20(35)29-18-14-34(6)22(30-18)23(37)27-15-10-17(24(38)40-7)32(4)12-15/h10-14H,8-9H2,1-7H3,(H,27,37)(H,28,39)(H,29,35)(H,31,36). The number of aryl methyl sites for hydroxylation is 3. The van der Waals surface area contributed by atoms with Crippen molar-refractivity contribution in [1.82, 2.24) is 18.7 Å². The lowest BCUT2D eigenvalue weighted by molar-refractivity contribution is -0.121. The summed E-state index contributed by atoms with van der Waals surface area (Å²) in [5.74, 6) is -1.44. The van der Waals surface area contributed by atoms with Gasteiger partial charge in [-0.15, -0.1) is 0 Å². The summed E-state index contributed by atoms with van der Waals surface area (Å²) >= 11 is 0. The smallest absolute Gasteiger partial charge is 0.412 e. The highest BCUT2D eigenvalue weighted by molar-refractivity contribution is 6.03. The molecule has 3 aromatic heterocycles. The first kappa shape index (κ1) is 30.5. The van der Waals surface area contributed by atoms with Gasteiger partial charge in [-0.3, -0.25) is 19.7 Å². The average Bonchev–Trinajstić information content (AvgIpc) is 3.51. The molecule has 3 heterocycles. The summed E-state index contributed by atoms with van der Waals surface area (Å²) in [6, 6.07) is 3.03. The average molecular weight is 571 g/mol. The molecular weight excluding hydrogens is 536 g/mol. The van der Waals surface area contributed by atoms with E-state index in [0.29, 0.717) is 17.2 Å². The van der Waals surface area contributed by atoms with Crippen LogP contribution < -0.4 is 21.3 Å². The summed E-state index contributed by atoms with van der Waals surface area (Å²) in [5.41, 5.74) is 0.397. The van der Waals surface area contributed by atoms with Crippen molar-refractivity contribution >= 4 is 52.8 Å². The topological polar surface area (TPSA) is 180 Å². The molecule has 0 saturated carbocycles. The number of anilines is 4. The van der Waals surface area contributed by atoms with Gasteiger partial charge in [-0.2, -0.15) is 0 Å². The summed E-state index contributed by atoms with van der Waals surface area (Å²) in [7, 11) is 6.17. The van der Waals surface area contributed by atoms with Gasteiger partial charge in [0.2, 0.25) is 17.6 Å². The lowest BCUT2D eigenvalue weighted by Crippen LogP contribution is -2.27. The number of aromatic nitrogens is 4. The predicted octanol–water partition coefficient (Wildman–Crippen LogP) is 2.84. The summed E-state index contributed by atoms with van der Waals surface area (Å²) in [6.45, 7) is 5.25. The van der Waals surface area contributed by atoms with Crippen molar-refractivity contribution in [2.24, 2.45) is 21.1 Å². The molecule has 0 aliphatic heterocycles. The number of carbonyl (C=O) groups is 5. The van der Waals surface area contributed by atoms with E-state index in [1.165, 1.54) is 28.5 Å². The van der Waals surface area contributed by atoms with Crippen molar-refractivity contribution in [3.8, 4) is 0 Å². The van der Waals surface area contributed by atoms with Crippen LogP contribution in [-0.4, -0.2) is 61.2 Å². The van der Waals surface area contributed by atoms with Gasteiger partial charge < -0.3 is 39.1 Å². The highest BCUT2D eigenvalue weighted by Crippen LogP contribution is 2.20. The minimum absolute atomic E-state index is 0.0148. The van der Waals surface area contributed by atoms with Gasteiger partial charge in [0.1, 0.15) is 17.1 Å². The molecule has 0 saturated heterocycles. The molecule has 3 aromatic rings. The molecule has 0 aliphatic rings. The third-order valence-corrected chi connectivity index (χ3v) is 5.50. The van der Waals surface area contributed by atoms with E-state index in [4.69, 9.17) is 9.47 Å². The summed E-state index contributed by atoms with van der Waals surface area (Å²) < 4.78 is 14.5. The van der Waals surface area contributed by atoms with Crippen molar-refractivity contribution < 1.29 is 33.4 Å². The molecule has 3 rings (SSSR count). The second-order valence-corrected chi connectivity index (χ2v) is 10.2. The van der Waals surface area contributed by atoms with Crippen molar-refractivity contribution in [2.45, 2.75) is 39.2 Å². The highest BCUT2D eigenvalue weighted by atomic mass is 16.6. The zero-order chi connectivity index (χ0) is 30.5. The molecule has 15 nitrogen and oxygen atoms in total. The van der Waals surface area contributed by atoms with Gasteiger partial charge >= 0.3 is 12.1 Å². The van der Waals surface area contributed by atoms with Crippen LogP contribution in [0.5, 0.6) is 0 Å². The van der Waals surface area contributed by atoms with Gasteiger partial charge in [0.15, 0.2) is 5.82 Å². The van der Waals surface area contributed by atoms with Crippen LogP contribution in [0.15, 0.2) is 30.7 Å². The molecule has 0 unspecified atom stereocenters. The number of nitrogens with zero attached hydrogens (tertiary/aromatic N) is 4. The van der Waals surface area contributed by atoms with E-state index in [1.807, 2.05) is 0 Å². The Kier molecular flexibility index (Phi) is 9.21. The first-order valence-corrected chi connectivity index (χ1v) is 12.5. The lowest BCUT2D eigenvalue weighted by atomic mass is 10.2. The fourth-order valence-electron chi connectivity index (χ4n) is 3.68. The Morgan fingerprint density at radius 1 is 0.805 bits per heavy atom. The zero-order valence-electron chi connectivity index (χ0n) is 23.9. The molecule has 15 heteroatoms. The summed E-state index contributed by atoms with van der Waals surface area (Å²) in [5, 5.41) is 10.5. The van der Waals surface area contributed by atoms with Crippen molar-refractivity contribution in [3.05, 3.63) is 42.2 Å². The second kappa shape index (κ2) is 12.4. The fraction of sp³-hybridized carbons (Fsp3) is 0.385. The summed E-state index contributed by atoms with van der Waals surface area (Å²) in [4.78, 5) is 65.5. The number of hydrogen-bond donors (Lipinski definition) is 4. The zero-order valence-corrected chi connectivity index (χ0v) is 23.9. The normalized spacial score (nSPS) is 11.0. The molecule has 0 aliphatic carbocycles. The number of amides is 4. The number of nitrogens with one attached hydrogen (secondary N) is 4. The Balaban J connectivity index is 1.51. The first-order valence-electron chi connectivity index (χ1n) is 12.5. The van der Waals surface area contributed by atoms with Crippen LogP contribution in [0.4, 0.5) is 27.8 Å². The van der Waals surface area contributed by atoms with Gasteiger partial charge in [0, 0.05) is 58.6 Å². The summed E-state index contributed by atoms with van der Waals surface area (Å²) in [6.07, 6.45) is 3.73. The van der Waals surface area contributed by atoms with Gasteiger partial charge in [0.05, 0.1) is 18.5 Å². The molecule has 0 aromatic carbocycles. The van der Waals surface area contributed by atoms with Crippen LogP contribution in [0.25, 0.3) is 0 Å². The lowest BCUT2D eigenvalue weighted by Gasteiger charge is -2.19. The number of ether oxygens (including phenoxy) is 2. The molecule has 0 radical (unpaired) electrons. The third kappa shape index (κ3) is 8.45. The second-order valence-electron chi connectivity index (χ2n) is 10.2. The van der Waals surface area contributed by atoms with E-state index in [9.17, 15) is 24.0 Å². The number of hydrogen-bond acceptors (Lipinski definition) is 8. The molecular formula is C26H34N8O7. The fourth-order valence-corrected chi connectivity index (χ4v) is 3.68. The molecule has 220 valence electrons. The largest absolute Gasteiger partial charge is 0.464 e. The van der Waals surface area contributed by atoms with E-state index in [2.05, 4.69) is 26.3 Å². The van der Waals surface area contributed by atoms with E-state index >= 15 is 0 Å². The van der Waals surface area contributed by atoms with E-state index < -0.39 is 35.4 Å². The Morgan fingerprint density at radius 2 is 1.41 bits per heavy atom. The Morgan fingerprint density at radius 3 is 2.05 bits per heavy atom. The Hall–Kier alpha value is -5.08. The van der Waals surface area contributed by atoms with Crippen LogP contribution in [0, 0.1) is 0 Å². The van der Waals surface area contributed by atoms with Crippen molar-refractivity contribution in [3.63, 3.8) is 0 Å². The van der Waals surface area contributed by atoms with Gasteiger partial charge in [-0.05, 0) is 26.8 Å². The van der Waals surface area contributed by atoms with Crippen LogP contribution in [0.3, 0.4) is 0 Å². The van der Waals surface area contributed by atoms with Crippen molar-refractivity contribution in [2.75, 3.05) is 28.4 Å². The van der Waals surface area contributed by atoms with E-state index in [-0.39, 0.29) is 30.2 Å². The van der Waals surface area contributed by atoms with Crippen LogP contribution >= 0.6 is 0 Å². The minimum atomic E-state index is -0.654. The Bertz CT molecular complexity index is 1480. The molecule has 0 fully saturated rings. The van der Waals surface area contributed by atoms with Crippen LogP contribution in [-0.2, 0) is 40.2 Å². The van der Waals surface area contributed by atoms with Crippen molar-refractivity contribution in [1.29, 1.82) is 0 Å². The SMILES string of the molecule is COC(=O)c1cc(NC(=O)c2nc(NC(=O)CCC(=O)Nc3cc(NC(=O)OC(C)(C)C)cn3C)cn2C)cn1C. The molecule has 0 bridgehead atoms. The number of carbonyl (C=O) groups excluding carboxylic acids is 5. The predicted molar refractivity (Wildman–Crippen MR) is 150 cm³/mol. The minimum Gasteiger partial charge on any atom is -0.464 e. The first-order chi connectivity index (χ1) is 19.1. The highest BCUT2D eigenvalue weighted by Gasteiger charge is 2.20. The molecule has 41 heavy (non-hydrogen) atoms. The van der Waals surface area contributed by atoms with E-state index in [0.717, 1.165) is 0 Å². The van der Waals surface area contributed by atoms with Gasteiger partial charge in [-0.1, -0.05) is 0 Å². The molecule has 0 spiro atoms. The number of esters is 1. The van der Waals surface area contributed by atoms with E-state index in [1.54, 1.807) is 64.9 Å². The van der Waals surface area contributed by atoms with Crippen LogP contribution in [0.2, 0.25) is 0 Å². The van der Waals surface area contributed by atoms with Gasteiger partial charge in [0.25, 0.3) is 5.91 Å². The number of rotatable bonds is 9. The van der Waals surface area contributed by atoms with Gasteiger partial charge in [-0.25, -0.2) is 14.6 Å². The van der Waals surface area contributed by atoms with Crippen LogP contribution in [0.1, 0.15) is 54.7 Å². The Labute approximate surface area is 236 Å². The maximum atomic E-state index is 12.7. The number of imidazole rings is 1. The number of methoxy groups -OCH3 is 1. The quantitative estimate of drug-likeness (QED) is 0.284.